The number of ketones is 1. The quantitative estimate of drug-likeness (QED) is 0.443. The van der Waals surface area contributed by atoms with E-state index in [0.717, 1.165) is 18.4 Å². The van der Waals surface area contributed by atoms with Crippen molar-refractivity contribution in [2.75, 3.05) is 0 Å². The first-order valence-electron chi connectivity index (χ1n) is 6.38. The molecule has 0 heterocycles. The van der Waals surface area contributed by atoms with E-state index in [4.69, 9.17) is 0 Å². The number of carbonyl (C=O) groups excluding carboxylic acids is 1. The second-order valence-electron chi connectivity index (χ2n) is 5.71. The number of Topliss-reactive ketones (excluding diaryl/α,β-unsaturated/α-hetero) is 1. The maximum absolute atomic E-state index is 12.1. The minimum Gasteiger partial charge on any atom is -0.295 e. The lowest BCUT2D eigenvalue weighted by molar-refractivity contribution is -0.116. The Kier molecular flexibility index (Phi) is 3.05. The zero-order valence-electron chi connectivity index (χ0n) is 10.9. The molecule has 0 radical (unpaired) electrons. The van der Waals surface area contributed by atoms with Gasteiger partial charge in [0, 0.05) is 6.42 Å². The van der Waals surface area contributed by atoms with E-state index in [1.54, 1.807) is 11.1 Å². The summed E-state index contributed by atoms with van der Waals surface area (Å²) in [5.41, 5.74) is 5.43. The summed E-state index contributed by atoms with van der Waals surface area (Å²) < 4.78 is 0. The third-order valence-corrected chi connectivity index (χ3v) is 4.33. The standard InChI is InChI=1S/C15H22O/c1-9(2)13-8-14-10(3)5-6-12(14)11(4)7-15(13)16/h11-12H,5-8H2,1-4H3/t11-,12+/m1/s1. The van der Waals surface area contributed by atoms with Crippen LogP contribution < -0.4 is 0 Å². The fourth-order valence-corrected chi connectivity index (χ4v) is 3.24. The molecule has 0 aromatic rings. The Morgan fingerprint density at radius 3 is 2.62 bits per heavy atom. The summed E-state index contributed by atoms with van der Waals surface area (Å²) in [6.07, 6.45) is 4.20. The van der Waals surface area contributed by atoms with Crippen molar-refractivity contribution < 1.29 is 4.79 Å². The SMILES string of the molecule is CC(C)=C1CC2=C(C)CC[C@H]2[C@H](C)CC1=O. The molecule has 0 spiro atoms. The molecule has 2 aliphatic carbocycles. The highest BCUT2D eigenvalue weighted by atomic mass is 16.1. The minimum atomic E-state index is 0.391. The van der Waals surface area contributed by atoms with Gasteiger partial charge in [0.25, 0.3) is 0 Å². The Bertz CT molecular complexity index is 380. The number of hydrogen-bond donors (Lipinski definition) is 0. The van der Waals surface area contributed by atoms with Crippen LogP contribution in [0.5, 0.6) is 0 Å². The van der Waals surface area contributed by atoms with Crippen molar-refractivity contribution in [1.82, 2.24) is 0 Å². The van der Waals surface area contributed by atoms with Gasteiger partial charge >= 0.3 is 0 Å². The summed E-state index contributed by atoms with van der Waals surface area (Å²) in [7, 11) is 0. The average Bonchev–Trinajstić information content (AvgIpc) is 2.49. The summed E-state index contributed by atoms with van der Waals surface area (Å²) >= 11 is 0. The number of fused-ring (bicyclic) bond motifs is 1. The van der Waals surface area contributed by atoms with Crippen LogP contribution >= 0.6 is 0 Å². The van der Waals surface area contributed by atoms with E-state index in [9.17, 15) is 4.79 Å². The summed E-state index contributed by atoms with van der Waals surface area (Å²) in [5.74, 6) is 1.61. The van der Waals surface area contributed by atoms with Crippen LogP contribution in [0, 0.1) is 11.8 Å². The Hall–Kier alpha value is -0.850. The molecule has 1 fully saturated rings. The van der Waals surface area contributed by atoms with E-state index in [1.165, 1.54) is 18.4 Å². The van der Waals surface area contributed by atoms with Crippen molar-refractivity contribution in [3.8, 4) is 0 Å². The number of allylic oxidation sites excluding steroid dienone is 4. The van der Waals surface area contributed by atoms with Crippen LogP contribution in [-0.4, -0.2) is 5.78 Å². The lowest BCUT2D eigenvalue weighted by Gasteiger charge is -2.18. The second kappa shape index (κ2) is 4.20. The zero-order chi connectivity index (χ0) is 11.9. The monoisotopic (exact) mass is 218 g/mol. The van der Waals surface area contributed by atoms with Gasteiger partial charge in [-0.05, 0) is 57.4 Å². The Morgan fingerprint density at radius 1 is 1.31 bits per heavy atom. The molecule has 0 unspecified atom stereocenters. The van der Waals surface area contributed by atoms with Gasteiger partial charge in [-0.3, -0.25) is 4.79 Å². The largest absolute Gasteiger partial charge is 0.295 e. The van der Waals surface area contributed by atoms with Gasteiger partial charge in [-0.2, -0.15) is 0 Å². The first kappa shape index (κ1) is 11.6. The predicted molar refractivity (Wildman–Crippen MR) is 67.2 cm³/mol. The molecular weight excluding hydrogens is 196 g/mol. The highest BCUT2D eigenvalue weighted by molar-refractivity contribution is 5.97. The molecule has 0 N–H and O–H groups in total. The van der Waals surface area contributed by atoms with Crippen molar-refractivity contribution in [2.24, 2.45) is 11.8 Å². The fraction of sp³-hybridized carbons (Fsp3) is 0.667. The van der Waals surface area contributed by atoms with Crippen LogP contribution in [0.1, 0.15) is 53.4 Å². The van der Waals surface area contributed by atoms with Crippen LogP contribution in [0.25, 0.3) is 0 Å². The predicted octanol–water partition coefficient (Wildman–Crippen LogP) is 4.05. The summed E-state index contributed by atoms with van der Waals surface area (Å²) in [6, 6.07) is 0. The molecule has 16 heavy (non-hydrogen) atoms. The lowest BCUT2D eigenvalue weighted by Crippen LogP contribution is -2.11. The Morgan fingerprint density at radius 2 is 2.00 bits per heavy atom. The van der Waals surface area contributed by atoms with Crippen molar-refractivity contribution in [2.45, 2.75) is 53.4 Å². The summed E-state index contributed by atoms with van der Waals surface area (Å²) in [6.45, 7) is 8.64. The van der Waals surface area contributed by atoms with E-state index in [-0.39, 0.29) is 0 Å². The molecule has 0 saturated heterocycles. The molecule has 0 amide bonds. The van der Waals surface area contributed by atoms with Crippen LogP contribution in [0.4, 0.5) is 0 Å². The maximum Gasteiger partial charge on any atom is 0.159 e. The smallest absolute Gasteiger partial charge is 0.159 e. The van der Waals surface area contributed by atoms with E-state index < -0.39 is 0 Å². The fourth-order valence-electron chi connectivity index (χ4n) is 3.24. The van der Waals surface area contributed by atoms with Crippen LogP contribution in [0.3, 0.4) is 0 Å². The third kappa shape index (κ3) is 1.88. The van der Waals surface area contributed by atoms with Crippen LogP contribution in [0.2, 0.25) is 0 Å². The van der Waals surface area contributed by atoms with Gasteiger partial charge in [-0.15, -0.1) is 0 Å². The molecule has 0 aliphatic heterocycles. The Balaban J connectivity index is 2.42. The normalized spacial score (nSPS) is 30.5. The molecular formula is C15H22O. The van der Waals surface area contributed by atoms with Gasteiger partial charge in [0.2, 0.25) is 0 Å². The number of hydrogen-bond acceptors (Lipinski definition) is 1. The number of carbonyl (C=O) groups is 1. The topological polar surface area (TPSA) is 17.1 Å². The highest BCUT2D eigenvalue weighted by Crippen LogP contribution is 2.44. The van der Waals surface area contributed by atoms with Gasteiger partial charge in [0.1, 0.15) is 0 Å². The first-order chi connectivity index (χ1) is 7.50. The van der Waals surface area contributed by atoms with Gasteiger partial charge in [-0.1, -0.05) is 23.6 Å². The highest BCUT2D eigenvalue weighted by Gasteiger charge is 2.34. The molecule has 1 nitrogen and oxygen atoms in total. The molecule has 0 aromatic carbocycles. The molecule has 0 aromatic heterocycles. The van der Waals surface area contributed by atoms with Crippen LogP contribution in [-0.2, 0) is 4.79 Å². The van der Waals surface area contributed by atoms with Gasteiger partial charge < -0.3 is 0 Å². The average molecular weight is 218 g/mol. The van der Waals surface area contributed by atoms with Gasteiger partial charge in [-0.25, -0.2) is 0 Å². The Labute approximate surface area is 98.6 Å². The van der Waals surface area contributed by atoms with Crippen LogP contribution in [0.15, 0.2) is 22.3 Å². The maximum atomic E-state index is 12.1. The zero-order valence-corrected chi connectivity index (χ0v) is 10.9. The molecule has 2 atom stereocenters. The van der Waals surface area contributed by atoms with Crippen molar-refractivity contribution in [1.29, 1.82) is 0 Å². The molecule has 88 valence electrons. The third-order valence-electron chi connectivity index (χ3n) is 4.33. The first-order valence-corrected chi connectivity index (χ1v) is 6.38. The number of rotatable bonds is 0. The molecule has 2 rings (SSSR count). The lowest BCUT2D eigenvalue weighted by atomic mass is 9.87. The molecule has 0 bridgehead atoms. The van der Waals surface area contributed by atoms with E-state index in [2.05, 4.69) is 27.7 Å². The van der Waals surface area contributed by atoms with E-state index in [1.807, 2.05) is 0 Å². The van der Waals surface area contributed by atoms with E-state index >= 15 is 0 Å². The van der Waals surface area contributed by atoms with Gasteiger partial charge in [0.15, 0.2) is 5.78 Å². The minimum absolute atomic E-state index is 0.391. The summed E-state index contributed by atoms with van der Waals surface area (Å²) in [4.78, 5) is 12.1. The summed E-state index contributed by atoms with van der Waals surface area (Å²) in [5, 5.41) is 0. The van der Waals surface area contributed by atoms with Crippen molar-refractivity contribution >= 4 is 5.78 Å². The van der Waals surface area contributed by atoms with Gasteiger partial charge in [0.05, 0.1) is 0 Å². The van der Waals surface area contributed by atoms with E-state index in [0.29, 0.717) is 17.6 Å². The second-order valence-corrected chi connectivity index (χ2v) is 5.71. The van der Waals surface area contributed by atoms with Crippen molar-refractivity contribution in [3.63, 3.8) is 0 Å². The molecule has 2 aliphatic rings. The molecule has 1 saturated carbocycles. The van der Waals surface area contributed by atoms with Crippen molar-refractivity contribution in [3.05, 3.63) is 22.3 Å². The molecule has 1 heteroatoms.